The number of nitrogens with one attached hydrogen (secondary N) is 2. The van der Waals surface area contributed by atoms with Crippen LogP contribution < -0.4 is 9.46 Å². The van der Waals surface area contributed by atoms with Crippen LogP contribution in [0, 0.1) is 11.3 Å². The number of benzene rings is 2. The van der Waals surface area contributed by atoms with Gasteiger partial charge >= 0.3 is 0 Å². The highest BCUT2D eigenvalue weighted by Gasteiger charge is 2.19. The van der Waals surface area contributed by atoms with Gasteiger partial charge < -0.3 is 4.74 Å². The van der Waals surface area contributed by atoms with Crippen molar-refractivity contribution in [2.75, 3.05) is 4.72 Å². The van der Waals surface area contributed by atoms with Gasteiger partial charge in [-0.05, 0) is 36.4 Å². The maximum Gasteiger partial charge on any atom is 0.263 e. The van der Waals surface area contributed by atoms with E-state index in [0.717, 1.165) is 11.3 Å². The third-order valence-electron chi connectivity index (χ3n) is 3.99. The van der Waals surface area contributed by atoms with Gasteiger partial charge in [0.1, 0.15) is 17.6 Å². The summed E-state index contributed by atoms with van der Waals surface area (Å²) in [6.45, 7) is 0. The summed E-state index contributed by atoms with van der Waals surface area (Å²) < 4.78 is 33.4. The Balaban J connectivity index is 1.69. The van der Waals surface area contributed by atoms with E-state index in [2.05, 4.69) is 19.9 Å². The van der Waals surface area contributed by atoms with Crippen LogP contribution in [0.3, 0.4) is 0 Å². The predicted octanol–water partition coefficient (Wildman–Crippen LogP) is 4.65. The summed E-state index contributed by atoms with van der Waals surface area (Å²) in [5.74, 6) is 0.577. The molecular formula is C19H12ClN5O3S2. The van der Waals surface area contributed by atoms with Crippen LogP contribution in [0.15, 0.2) is 65.1 Å². The summed E-state index contributed by atoms with van der Waals surface area (Å²) in [4.78, 5) is 3.82. The Morgan fingerprint density at radius 2 is 2.00 bits per heavy atom. The number of sulfonamides is 1. The molecule has 0 saturated heterocycles. The molecule has 2 N–H and O–H groups in total. The zero-order valence-corrected chi connectivity index (χ0v) is 17.4. The maximum absolute atomic E-state index is 12.6. The Labute approximate surface area is 180 Å². The smallest absolute Gasteiger partial charge is 0.263 e. The molecule has 4 aromatic rings. The number of aromatic nitrogens is 3. The van der Waals surface area contributed by atoms with Gasteiger partial charge in [0.05, 0.1) is 16.2 Å². The van der Waals surface area contributed by atoms with E-state index >= 15 is 0 Å². The third-order valence-corrected chi connectivity index (χ3v) is 6.38. The number of anilines is 1. The van der Waals surface area contributed by atoms with Crippen molar-refractivity contribution in [1.29, 1.82) is 5.26 Å². The lowest BCUT2D eigenvalue weighted by molar-refractivity contribution is 0.482. The van der Waals surface area contributed by atoms with E-state index < -0.39 is 10.0 Å². The van der Waals surface area contributed by atoms with E-state index in [-0.39, 0.29) is 21.3 Å². The van der Waals surface area contributed by atoms with E-state index in [4.69, 9.17) is 16.3 Å². The molecule has 0 bridgehead atoms. The molecule has 0 amide bonds. The number of aromatic amines is 1. The zero-order chi connectivity index (χ0) is 21.1. The molecule has 0 radical (unpaired) electrons. The summed E-state index contributed by atoms with van der Waals surface area (Å²) in [5, 5.41) is 18.7. The van der Waals surface area contributed by atoms with Crippen LogP contribution in [-0.4, -0.2) is 23.6 Å². The van der Waals surface area contributed by atoms with Crippen LogP contribution in [0.1, 0.15) is 5.56 Å². The van der Waals surface area contributed by atoms with Crippen LogP contribution in [0.25, 0.3) is 11.3 Å². The fourth-order valence-corrected chi connectivity index (χ4v) is 4.60. The van der Waals surface area contributed by atoms with Gasteiger partial charge in [0, 0.05) is 34.4 Å². The second-order valence-electron chi connectivity index (χ2n) is 5.93. The lowest BCUT2D eigenvalue weighted by Crippen LogP contribution is -2.13. The topological polar surface area (TPSA) is 121 Å². The molecule has 2 aromatic carbocycles. The van der Waals surface area contributed by atoms with Crippen molar-refractivity contribution in [3.63, 3.8) is 0 Å². The maximum atomic E-state index is 12.6. The molecule has 2 heterocycles. The summed E-state index contributed by atoms with van der Waals surface area (Å²) in [6.07, 6.45) is 3.09. The Morgan fingerprint density at radius 1 is 1.13 bits per heavy atom. The second-order valence-corrected chi connectivity index (χ2v) is 8.94. The van der Waals surface area contributed by atoms with Crippen molar-refractivity contribution in [1.82, 2.24) is 15.2 Å². The largest absolute Gasteiger partial charge is 0.455 e. The first-order valence-electron chi connectivity index (χ1n) is 8.40. The minimum absolute atomic E-state index is 0.0487. The van der Waals surface area contributed by atoms with Crippen molar-refractivity contribution in [2.24, 2.45) is 0 Å². The van der Waals surface area contributed by atoms with Gasteiger partial charge in [-0.3, -0.25) is 9.82 Å². The van der Waals surface area contributed by atoms with Crippen molar-refractivity contribution in [3.8, 4) is 28.8 Å². The number of nitrogens with zero attached hydrogens (tertiary/aromatic N) is 3. The minimum atomic E-state index is -3.90. The fraction of sp³-hybridized carbons (Fsp3) is 0. The van der Waals surface area contributed by atoms with Gasteiger partial charge in [-0.25, -0.2) is 13.4 Å². The first-order valence-corrected chi connectivity index (χ1v) is 11.1. The Morgan fingerprint density at radius 3 is 2.70 bits per heavy atom. The average Bonchev–Trinajstić information content (AvgIpc) is 3.42. The highest BCUT2D eigenvalue weighted by atomic mass is 35.5. The molecule has 0 fully saturated rings. The standard InChI is InChI=1S/C19H12ClN5O3S2/c20-13-1-3-15(16-5-6-23-24-16)18(10-13)28-17-4-2-14(9-12(17)11-21)30(26,27)25-19-22-7-8-29-19/h1-10H,(H,22,25)(H,23,24). The van der Waals surface area contributed by atoms with E-state index in [0.29, 0.717) is 22.0 Å². The monoisotopic (exact) mass is 457 g/mol. The molecule has 150 valence electrons. The molecule has 4 rings (SSSR count). The van der Waals surface area contributed by atoms with Gasteiger partial charge in [-0.2, -0.15) is 10.4 Å². The Bertz CT molecular complexity index is 1330. The van der Waals surface area contributed by atoms with Gasteiger partial charge in [-0.1, -0.05) is 11.6 Å². The summed E-state index contributed by atoms with van der Waals surface area (Å²) >= 11 is 7.26. The molecule has 0 atom stereocenters. The van der Waals surface area contributed by atoms with Crippen molar-refractivity contribution < 1.29 is 13.2 Å². The first-order chi connectivity index (χ1) is 14.5. The number of rotatable bonds is 6. The van der Waals surface area contributed by atoms with Crippen LogP contribution in [0.2, 0.25) is 5.02 Å². The Hall–Kier alpha value is -3.39. The van der Waals surface area contributed by atoms with Crippen molar-refractivity contribution in [3.05, 3.63) is 70.8 Å². The number of ether oxygens (including phenoxy) is 1. The average molecular weight is 458 g/mol. The van der Waals surface area contributed by atoms with Crippen LogP contribution in [0.5, 0.6) is 11.5 Å². The van der Waals surface area contributed by atoms with Crippen molar-refractivity contribution >= 4 is 38.1 Å². The molecule has 0 unspecified atom stereocenters. The molecule has 0 aliphatic carbocycles. The summed E-state index contributed by atoms with van der Waals surface area (Å²) in [5.41, 5.74) is 1.43. The molecule has 2 aromatic heterocycles. The zero-order valence-electron chi connectivity index (χ0n) is 15.0. The molecule has 0 spiro atoms. The van der Waals surface area contributed by atoms with Gasteiger partial charge in [0.2, 0.25) is 0 Å². The number of nitriles is 1. The van der Waals surface area contributed by atoms with E-state index in [9.17, 15) is 13.7 Å². The normalized spacial score (nSPS) is 11.1. The van der Waals surface area contributed by atoms with E-state index in [1.165, 1.54) is 24.4 Å². The van der Waals surface area contributed by atoms with Gasteiger partial charge in [0.15, 0.2) is 5.13 Å². The van der Waals surface area contributed by atoms with Crippen LogP contribution >= 0.6 is 22.9 Å². The number of thiazole rings is 1. The molecule has 0 aliphatic heterocycles. The Kier molecular flexibility index (Phi) is 5.41. The predicted molar refractivity (Wildman–Crippen MR) is 113 cm³/mol. The number of halogens is 1. The molecule has 0 saturated carbocycles. The molecule has 11 heteroatoms. The van der Waals surface area contributed by atoms with Gasteiger partial charge in [0.25, 0.3) is 10.0 Å². The molecule has 0 aliphatic rings. The quantitative estimate of drug-likeness (QED) is 0.434. The number of H-pyrrole nitrogens is 1. The minimum Gasteiger partial charge on any atom is -0.455 e. The first kappa shape index (κ1) is 19.9. The molecular weight excluding hydrogens is 446 g/mol. The number of hydrogen-bond donors (Lipinski definition) is 2. The lowest BCUT2D eigenvalue weighted by atomic mass is 10.1. The van der Waals surface area contributed by atoms with E-state index in [1.54, 1.807) is 35.8 Å². The molecule has 30 heavy (non-hydrogen) atoms. The summed E-state index contributed by atoms with van der Waals surface area (Å²) in [7, 11) is -3.90. The van der Waals surface area contributed by atoms with Crippen LogP contribution in [0.4, 0.5) is 5.13 Å². The fourth-order valence-electron chi connectivity index (χ4n) is 2.63. The van der Waals surface area contributed by atoms with Crippen molar-refractivity contribution in [2.45, 2.75) is 4.90 Å². The highest BCUT2D eigenvalue weighted by Crippen LogP contribution is 2.36. The lowest BCUT2D eigenvalue weighted by Gasteiger charge is -2.13. The highest BCUT2D eigenvalue weighted by molar-refractivity contribution is 7.93. The third kappa shape index (κ3) is 4.13. The van der Waals surface area contributed by atoms with Crippen LogP contribution in [-0.2, 0) is 10.0 Å². The number of hydrogen-bond acceptors (Lipinski definition) is 7. The SMILES string of the molecule is N#Cc1cc(S(=O)(=O)Nc2nccs2)ccc1Oc1cc(Cl)ccc1-c1ccn[nH]1. The summed E-state index contributed by atoms with van der Waals surface area (Å²) in [6, 6.07) is 12.8. The molecule has 8 nitrogen and oxygen atoms in total. The van der Waals surface area contributed by atoms with E-state index in [1.807, 2.05) is 6.07 Å². The second kappa shape index (κ2) is 8.16. The van der Waals surface area contributed by atoms with Gasteiger partial charge in [-0.15, -0.1) is 11.3 Å².